The molecule has 2 aromatic carbocycles. The predicted octanol–water partition coefficient (Wildman–Crippen LogP) is 1.75. The first-order valence-electron chi connectivity index (χ1n) is 9.87. The highest BCUT2D eigenvalue weighted by atomic mass is 16.6. The number of benzene rings is 2. The maximum Gasteiger partial charge on any atom is 0.274 e. The molecule has 3 aromatic rings. The Bertz CT molecular complexity index is 1110. The van der Waals surface area contributed by atoms with Crippen molar-refractivity contribution in [2.24, 2.45) is 0 Å². The second-order valence-electron chi connectivity index (χ2n) is 7.23. The second-order valence-corrected chi connectivity index (χ2v) is 7.23. The predicted molar refractivity (Wildman–Crippen MR) is 108 cm³/mol. The van der Waals surface area contributed by atoms with Gasteiger partial charge in [0.25, 0.3) is 11.8 Å². The van der Waals surface area contributed by atoms with Crippen LogP contribution in [0.1, 0.15) is 10.5 Å². The first kappa shape index (κ1) is 18.4. The number of hydrogen-bond donors (Lipinski definition) is 0. The monoisotopic (exact) mass is 404 g/mol. The zero-order valence-corrected chi connectivity index (χ0v) is 16.2. The second kappa shape index (κ2) is 7.62. The molecule has 0 N–H and O–H groups in total. The third kappa shape index (κ3) is 3.41. The van der Waals surface area contributed by atoms with Gasteiger partial charge in [0.05, 0.1) is 17.2 Å². The van der Waals surface area contributed by atoms with E-state index >= 15 is 0 Å². The molecule has 5 rings (SSSR count). The van der Waals surface area contributed by atoms with Crippen LogP contribution in [0.3, 0.4) is 0 Å². The third-order valence-corrected chi connectivity index (χ3v) is 5.33. The number of ether oxygens (including phenoxy) is 2. The molecule has 1 atom stereocenters. The maximum atomic E-state index is 12.9. The van der Waals surface area contributed by atoms with Gasteiger partial charge < -0.3 is 19.3 Å². The molecule has 0 aliphatic carbocycles. The summed E-state index contributed by atoms with van der Waals surface area (Å²) in [6.07, 6.45) is 0.834. The molecule has 2 aliphatic rings. The molecule has 1 saturated heterocycles. The van der Waals surface area contributed by atoms with Crippen LogP contribution in [0.4, 0.5) is 0 Å². The fourth-order valence-corrected chi connectivity index (χ4v) is 3.70. The molecule has 0 saturated carbocycles. The van der Waals surface area contributed by atoms with Crippen molar-refractivity contribution in [2.75, 3.05) is 32.8 Å². The van der Waals surface area contributed by atoms with E-state index in [0.29, 0.717) is 48.9 Å². The van der Waals surface area contributed by atoms with Crippen LogP contribution >= 0.6 is 0 Å². The summed E-state index contributed by atoms with van der Waals surface area (Å²) in [5.74, 6) is 0.924. The van der Waals surface area contributed by atoms with E-state index in [-0.39, 0.29) is 18.4 Å². The molecule has 30 heavy (non-hydrogen) atoms. The summed E-state index contributed by atoms with van der Waals surface area (Å²) in [7, 11) is 0. The molecule has 2 amide bonds. The van der Waals surface area contributed by atoms with Gasteiger partial charge in [-0.1, -0.05) is 24.3 Å². The Labute approximate surface area is 173 Å². The molecule has 3 heterocycles. The number of piperazine rings is 1. The van der Waals surface area contributed by atoms with Gasteiger partial charge in [-0.2, -0.15) is 0 Å². The summed E-state index contributed by atoms with van der Waals surface area (Å²) < 4.78 is 11.5. The molecule has 1 fully saturated rings. The lowest BCUT2D eigenvalue weighted by Crippen LogP contribution is -2.55. The van der Waals surface area contributed by atoms with Crippen LogP contribution in [0.2, 0.25) is 0 Å². The van der Waals surface area contributed by atoms with E-state index in [0.717, 1.165) is 5.52 Å². The van der Waals surface area contributed by atoms with Crippen LogP contribution in [-0.4, -0.2) is 70.5 Å². The molecule has 0 unspecified atom stereocenters. The SMILES string of the molecule is O=C(c1cnc2ccccc2n1)N1CCN(C(=O)[C@@H]2COc3ccccc3O2)CC1. The highest BCUT2D eigenvalue weighted by Crippen LogP contribution is 2.31. The summed E-state index contributed by atoms with van der Waals surface area (Å²) in [6.45, 7) is 1.92. The fraction of sp³-hybridized carbons (Fsp3) is 0.273. The summed E-state index contributed by atoms with van der Waals surface area (Å²) in [5, 5.41) is 0. The number of hydrogen-bond acceptors (Lipinski definition) is 6. The summed E-state index contributed by atoms with van der Waals surface area (Å²) in [5.41, 5.74) is 1.75. The van der Waals surface area contributed by atoms with E-state index in [9.17, 15) is 9.59 Å². The van der Waals surface area contributed by atoms with Gasteiger partial charge in [0, 0.05) is 26.2 Å². The minimum atomic E-state index is -0.673. The minimum absolute atomic E-state index is 0.123. The van der Waals surface area contributed by atoms with Crippen LogP contribution < -0.4 is 9.47 Å². The van der Waals surface area contributed by atoms with Crippen LogP contribution in [0.25, 0.3) is 11.0 Å². The van der Waals surface area contributed by atoms with Crippen LogP contribution in [0.15, 0.2) is 54.7 Å². The van der Waals surface area contributed by atoms with Crippen molar-refractivity contribution in [3.8, 4) is 11.5 Å². The molecular weight excluding hydrogens is 384 g/mol. The van der Waals surface area contributed by atoms with Crippen LogP contribution in [0.5, 0.6) is 11.5 Å². The number of rotatable bonds is 2. The Kier molecular flexibility index (Phi) is 4.66. The highest BCUT2D eigenvalue weighted by molar-refractivity contribution is 5.94. The standard InChI is InChI=1S/C22H20N4O4/c27-21(17-13-23-15-5-1-2-6-16(15)24-17)25-9-11-26(12-10-25)22(28)20-14-29-18-7-3-4-8-19(18)30-20/h1-8,13,20H,9-12,14H2/t20-/m0/s1. The quantitative estimate of drug-likeness (QED) is 0.647. The average Bonchev–Trinajstić information content (AvgIpc) is 2.82. The van der Waals surface area contributed by atoms with E-state index in [2.05, 4.69) is 9.97 Å². The summed E-state index contributed by atoms with van der Waals surface area (Å²) >= 11 is 0. The number of aromatic nitrogens is 2. The highest BCUT2D eigenvalue weighted by Gasteiger charge is 2.33. The van der Waals surface area contributed by atoms with E-state index in [1.54, 1.807) is 15.9 Å². The van der Waals surface area contributed by atoms with Crippen LogP contribution in [0, 0.1) is 0 Å². The molecule has 2 aliphatic heterocycles. The molecule has 0 spiro atoms. The lowest BCUT2D eigenvalue weighted by molar-refractivity contribution is -0.142. The smallest absolute Gasteiger partial charge is 0.274 e. The number of para-hydroxylation sites is 4. The largest absolute Gasteiger partial charge is 0.485 e. The number of nitrogens with zero attached hydrogens (tertiary/aromatic N) is 4. The molecule has 1 aromatic heterocycles. The van der Waals surface area contributed by atoms with Gasteiger partial charge in [0.2, 0.25) is 6.10 Å². The normalized spacial score (nSPS) is 18.3. The molecule has 0 bridgehead atoms. The van der Waals surface area contributed by atoms with E-state index < -0.39 is 6.10 Å². The first-order chi connectivity index (χ1) is 14.7. The van der Waals surface area contributed by atoms with Crippen molar-refractivity contribution in [1.82, 2.24) is 19.8 Å². The van der Waals surface area contributed by atoms with Crippen molar-refractivity contribution in [1.29, 1.82) is 0 Å². The van der Waals surface area contributed by atoms with Gasteiger partial charge in [0.15, 0.2) is 11.5 Å². The number of carbonyl (C=O) groups is 2. The zero-order valence-electron chi connectivity index (χ0n) is 16.2. The van der Waals surface area contributed by atoms with Gasteiger partial charge in [-0.05, 0) is 24.3 Å². The van der Waals surface area contributed by atoms with Gasteiger partial charge in [-0.3, -0.25) is 14.6 Å². The van der Waals surface area contributed by atoms with Gasteiger partial charge in [-0.25, -0.2) is 4.98 Å². The van der Waals surface area contributed by atoms with Crippen molar-refractivity contribution >= 4 is 22.8 Å². The molecule has 152 valence electrons. The van der Waals surface area contributed by atoms with E-state index in [4.69, 9.17) is 9.47 Å². The number of carbonyl (C=O) groups excluding carboxylic acids is 2. The van der Waals surface area contributed by atoms with Gasteiger partial charge in [0.1, 0.15) is 12.3 Å². The average molecular weight is 404 g/mol. The Balaban J connectivity index is 1.21. The van der Waals surface area contributed by atoms with Gasteiger partial charge >= 0.3 is 0 Å². The summed E-state index contributed by atoms with van der Waals surface area (Å²) in [6, 6.07) is 14.7. The maximum absolute atomic E-state index is 12.9. The lowest BCUT2D eigenvalue weighted by Gasteiger charge is -2.37. The minimum Gasteiger partial charge on any atom is -0.485 e. The number of amides is 2. The Hall–Kier alpha value is -3.68. The lowest BCUT2D eigenvalue weighted by atomic mass is 10.2. The van der Waals surface area contributed by atoms with E-state index in [1.165, 1.54) is 6.20 Å². The fourth-order valence-electron chi connectivity index (χ4n) is 3.70. The molecular formula is C22H20N4O4. The van der Waals surface area contributed by atoms with Crippen molar-refractivity contribution < 1.29 is 19.1 Å². The number of fused-ring (bicyclic) bond motifs is 2. The first-order valence-corrected chi connectivity index (χ1v) is 9.87. The third-order valence-electron chi connectivity index (χ3n) is 5.33. The molecule has 0 radical (unpaired) electrons. The summed E-state index contributed by atoms with van der Waals surface area (Å²) in [4.78, 5) is 37.9. The Morgan fingerprint density at radius 2 is 1.53 bits per heavy atom. The Morgan fingerprint density at radius 3 is 2.33 bits per heavy atom. The topological polar surface area (TPSA) is 84.9 Å². The van der Waals surface area contributed by atoms with Crippen molar-refractivity contribution in [2.45, 2.75) is 6.10 Å². The van der Waals surface area contributed by atoms with Crippen molar-refractivity contribution in [3.63, 3.8) is 0 Å². The zero-order chi connectivity index (χ0) is 20.5. The Morgan fingerprint density at radius 1 is 0.867 bits per heavy atom. The van der Waals surface area contributed by atoms with Gasteiger partial charge in [-0.15, -0.1) is 0 Å². The van der Waals surface area contributed by atoms with Crippen molar-refractivity contribution in [3.05, 3.63) is 60.4 Å². The van der Waals surface area contributed by atoms with E-state index in [1.807, 2.05) is 42.5 Å². The van der Waals surface area contributed by atoms with Crippen LogP contribution in [-0.2, 0) is 4.79 Å². The molecule has 8 nitrogen and oxygen atoms in total. The molecule has 8 heteroatoms.